The number of benzene rings is 1. The van der Waals surface area contributed by atoms with Crippen LogP contribution in [0.15, 0.2) is 18.2 Å². The number of ether oxygens (including phenoxy) is 3. The van der Waals surface area contributed by atoms with Gasteiger partial charge in [-0.2, -0.15) is 0 Å². The Balaban J connectivity index is 1.64. The minimum atomic E-state index is -1.37. The van der Waals surface area contributed by atoms with Gasteiger partial charge in [-0.1, -0.05) is 32.6 Å². The number of esters is 2. The maximum Gasteiger partial charge on any atom is 0.310 e. The van der Waals surface area contributed by atoms with Crippen molar-refractivity contribution in [1.29, 1.82) is 0 Å². The zero-order chi connectivity index (χ0) is 24.5. The van der Waals surface area contributed by atoms with Gasteiger partial charge in [-0.05, 0) is 61.4 Å². The summed E-state index contributed by atoms with van der Waals surface area (Å²) in [5.41, 5.74) is 1.79. The molecular formula is C27H38O6Si. The molecule has 0 aliphatic heterocycles. The normalized spacial score (nSPS) is 26.3. The van der Waals surface area contributed by atoms with Crippen LogP contribution in [-0.2, 0) is 23.9 Å². The van der Waals surface area contributed by atoms with Gasteiger partial charge in [-0.25, -0.2) is 0 Å². The van der Waals surface area contributed by atoms with Gasteiger partial charge in [0.25, 0.3) is 0 Å². The van der Waals surface area contributed by atoms with Gasteiger partial charge in [0, 0.05) is 20.4 Å². The molecule has 0 radical (unpaired) electrons. The monoisotopic (exact) mass is 486 g/mol. The Bertz CT molecular complexity index is 930. The highest BCUT2D eigenvalue weighted by atomic mass is 28.3. The molecule has 186 valence electrons. The summed E-state index contributed by atoms with van der Waals surface area (Å²) in [5, 5.41) is 0. The summed E-state index contributed by atoms with van der Waals surface area (Å²) >= 11 is 0. The van der Waals surface area contributed by atoms with Gasteiger partial charge in [-0.15, -0.1) is 0 Å². The van der Waals surface area contributed by atoms with Gasteiger partial charge in [0.15, 0.2) is 0 Å². The Morgan fingerprint density at radius 3 is 2.32 bits per heavy atom. The molecule has 6 nitrogen and oxygen atoms in total. The number of carbonyl (C=O) groups is 3. The molecule has 0 heterocycles. The number of ketones is 1. The predicted molar refractivity (Wildman–Crippen MR) is 132 cm³/mol. The van der Waals surface area contributed by atoms with E-state index in [9.17, 15) is 14.4 Å². The molecule has 5 rings (SSSR count). The lowest BCUT2D eigenvalue weighted by molar-refractivity contribution is -0.167. The summed E-state index contributed by atoms with van der Waals surface area (Å²) in [6.07, 6.45) is 5.57. The van der Waals surface area contributed by atoms with Gasteiger partial charge in [0.1, 0.15) is 11.5 Å². The van der Waals surface area contributed by atoms with E-state index in [0.29, 0.717) is 13.0 Å². The fraction of sp³-hybridized carbons (Fsp3) is 0.667. The van der Waals surface area contributed by atoms with Crippen LogP contribution in [0.1, 0.15) is 68.4 Å². The van der Waals surface area contributed by atoms with E-state index in [2.05, 4.69) is 19.6 Å². The fourth-order valence-corrected chi connectivity index (χ4v) is 6.39. The lowest BCUT2D eigenvalue weighted by atomic mass is 9.55. The molecule has 34 heavy (non-hydrogen) atoms. The van der Waals surface area contributed by atoms with E-state index in [-0.39, 0.29) is 36.8 Å². The van der Waals surface area contributed by atoms with Gasteiger partial charge < -0.3 is 14.2 Å². The number of carbonyl (C=O) groups excluding carboxylic acids is 3. The van der Waals surface area contributed by atoms with Crippen molar-refractivity contribution in [3.05, 3.63) is 29.3 Å². The molecule has 2 bridgehead atoms. The van der Waals surface area contributed by atoms with E-state index in [4.69, 9.17) is 14.2 Å². The molecule has 1 aromatic carbocycles. The maximum absolute atomic E-state index is 13.3. The van der Waals surface area contributed by atoms with Crippen molar-refractivity contribution in [3.8, 4) is 5.75 Å². The molecule has 4 aliphatic carbocycles. The van der Waals surface area contributed by atoms with Crippen LogP contribution in [0.4, 0.5) is 0 Å². The third kappa shape index (κ3) is 5.24. The van der Waals surface area contributed by atoms with Gasteiger partial charge in [0.2, 0.25) is 0 Å². The molecule has 1 aromatic rings. The zero-order valence-corrected chi connectivity index (χ0v) is 21.9. The SMILES string of the molecule is CCCOC(=O)[C@H]1C(C(=O)OCC[Si](C)(C)C)C2CC(=O)[C@H]1c1cc(OC3CCCC3)ccc12. The first-order chi connectivity index (χ1) is 16.2. The summed E-state index contributed by atoms with van der Waals surface area (Å²) < 4.78 is 17.4. The maximum atomic E-state index is 13.3. The second-order valence-electron chi connectivity index (χ2n) is 11.3. The molecular weight excluding hydrogens is 448 g/mol. The standard InChI is InChI=1S/C27H38O6Si/c1-5-12-31-27(30)25-23-20-15-18(33-17-8-6-7-9-17)10-11-19(20)21(16-22(23)28)24(25)26(29)32-13-14-34(2,3)4/h10-11,15,17,21,23-25H,5-9,12-14,16H2,1-4H3/t21?,23-,24?,25-/m1/s1. The molecule has 4 aliphatic rings. The lowest BCUT2D eigenvalue weighted by Gasteiger charge is -2.46. The van der Waals surface area contributed by atoms with E-state index in [1.807, 2.05) is 25.1 Å². The van der Waals surface area contributed by atoms with Crippen LogP contribution in [0.25, 0.3) is 0 Å². The van der Waals surface area contributed by atoms with Crippen LogP contribution >= 0.6 is 0 Å². The van der Waals surface area contributed by atoms with E-state index < -0.39 is 31.8 Å². The molecule has 2 saturated carbocycles. The molecule has 0 N–H and O–H groups in total. The van der Waals surface area contributed by atoms with Crippen LogP contribution in [0.5, 0.6) is 5.75 Å². The molecule has 7 heteroatoms. The first-order valence-corrected chi connectivity index (χ1v) is 16.6. The summed E-state index contributed by atoms with van der Waals surface area (Å²) in [6, 6.07) is 6.72. The van der Waals surface area contributed by atoms with E-state index >= 15 is 0 Å². The molecule has 0 amide bonds. The third-order valence-electron chi connectivity index (χ3n) is 7.43. The molecule has 0 aromatic heterocycles. The van der Waals surface area contributed by atoms with Crippen LogP contribution in [0.3, 0.4) is 0 Å². The Morgan fingerprint density at radius 2 is 1.65 bits per heavy atom. The Labute approximate surface area is 203 Å². The number of Topliss-reactive ketones (excluding diaryl/α,β-unsaturated/α-hetero) is 1. The molecule has 2 unspecified atom stereocenters. The van der Waals surface area contributed by atoms with Crippen molar-refractivity contribution in [2.75, 3.05) is 13.2 Å². The average molecular weight is 487 g/mol. The molecule has 0 spiro atoms. The Morgan fingerprint density at radius 1 is 0.971 bits per heavy atom. The second kappa shape index (κ2) is 10.2. The summed E-state index contributed by atoms with van der Waals surface area (Å²) in [6.45, 7) is 9.25. The number of rotatable bonds is 9. The summed E-state index contributed by atoms with van der Waals surface area (Å²) in [7, 11) is -1.37. The van der Waals surface area contributed by atoms with Crippen LogP contribution in [0.2, 0.25) is 25.7 Å². The Hall–Kier alpha value is -2.15. The van der Waals surface area contributed by atoms with Gasteiger partial charge in [0.05, 0.1) is 37.1 Å². The van der Waals surface area contributed by atoms with Crippen LogP contribution in [-0.4, -0.2) is 45.1 Å². The molecule has 2 fully saturated rings. The third-order valence-corrected chi connectivity index (χ3v) is 9.14. The molecule has 4 atom stereocenters. The van der Waals surface area contributed by atoms with Crippen molar-refractivity contribution in [2.45, 2.75) is 89.1 Å². The number of fused-ring (bicyclic) bond motifs is 2. The highest BCUT2D eigenvalue weighted by molar-refractivity contribution is 6.76. The van der Waals surface area contributed by atoms with E-state index in [1.54, 1.807) is 0 Å². The van der Waals surface area contributed by atoms with Gasteiger partial charge >= 0.3 is 11.9 Å². The van der Waals surface area contributed by atoms with Crippen molar-refractivity contribution in [2.24, 2.45) is 11.8 Å². The summed E-state index contributed by atoms with van der Waals surface area (Å²) in [5.74, 6) is -2.70. The van der Waals surface area contributed by atoms with Crippen molar-refractivity contribution in [1.82, 2.24) is 0 Å². The Kier molecular flexibility index (Phi) is 7.50. The minimum absolute atomic E-state index is 0.000105. The first-order valence-electron chi connectivity index (χ1n) is 12.9. The van der Waals surface area contributed by atoms with Crippen LogP contribution in [0, 0.1) is 11.8 Å². The van der Waals surface area contributed by atoms with E-state index in [0.717, 1.165) is 35.8 Å². The highest BCUT2D eigenvalue weighted by Gasteiger charge is 2.58. The average Bonchev–Trinajstić information content (AvgIpc) is 3.29. The quantitative estimate of drug-likeness (QED) is 0.351. The highest BCUT2D eigenvalue weighted by Crippen LogP contribution is 2.55. The largest absolute Gasteiger partial charge is 0.490 e. The number of hydrogen-bond acceptors (Lipinski definition) is 6. The van der Waals surface area contributed by atoms with Crippen molar-refractivity contribution < 1.29 is 28.6 Å². The fourth-order valence-electron chi connectivity index (χ4n) is 5.68. The predicted octanol–water partition coefficient (Wildman–Crippen LogP) is 5.23. The molecule has 0 saturated heterocycles. The first kappa shape index (κ1) is 25.0. The number of hydrogen-bond donors (Lipinski definition) is 0. The van der Waals surface area contributed by atoms with Crippen molar-refractivity contribution >= 4 is 25.8 Å². The smallest absolute Gasteiger partial charge is 0.310 e. The minimum Gasteiger partial charge on any atom is -0.490 e. The second-order valence-corrected chi connectivity index (χ2v) is 16.9. The van der Waals surface area contributed by atoms with Gasteiger partial charge in [-0.3, -0.25) is 14.4 Å². The summed E-state index contributed by atoms with van der Waals surface area (Å²) in [4.78, 5) is 39.7. The lowest BCUT2D eigenvalue weighted by Crippen LogP contribution is -2.50. The van der Waals surface area contributed by atoms with E-state index in [1.165, 1.54) is 12.8 Å². The van der Waals surface area contributed by atoms with Crippen LogP contribution < -0.4 is 4.74 Å². The topological polar surface area (TPSA) is 78.9 Å². The van der Waals surface area contributed by atoms with Crippen molar-refractivity contribution in [3.63, 3.8) is 0 Å². The zero-order valence-electron chi connectivity index (χ0n) is 20.9.